The second kappa shape index (κ2) is 6.47. The topological polar surface area (TPSA) is 79.2 Å². The fourth-order valence-corrected chi connectivity index (χ4v) is 3.14. The van der Waals surface area contributed by atoms with E-state index in [0.29, 0.717) is 22.9 Å². The van der Waals surface area contributed by atoms with Crippen molar-refractivity contribution in [2.45, 2.75) is 33.2 Å². The van der Waals surface area contributed by atoms with Crippen LogP contribution in [0.2, 0.25) is 0 Å². The predicted octanol–water partition coefficient (Wildman–Crippen LogP) is 3.12. The van der Waals surface area contributed by atoms with Gasteiger partial charge in [-0.25, -0.2) is 4.39 Å². The Balaban J connectivity index is 2.85. The number of nitrogens with one attached hydrogen (secondary N) is 1. The predicted molar refractivity (Wildman–Crippen MR) is 92.2 cm³/mol. The van der Waals surface area contributed by atoms with Gasteiger partial charge in [-0.3, -0.25) is 9.59 Å². The number of amides is 2. The number of aromatic nitrogens is 1. The number of halogens is 1. The van der Waals surface area contributed by atoms with Crippen molar-refractivity contribution in [3.8, 4) is 0 Å². The molecular weight excluding hydrogens is 309 g/mol. The molecule has 0 fully saturated rings. The maximum atomic E-state index is 14.9. The Kier molecular flexibility index (Phi) is 4.78. The molecule has 1 heterocycles. The molecule has 24 heavy (non-hydrogen) atoms. The van der Waals surface area contributed by atoms with Gasteiger partial charge >= 0.3 is 0 Å². The third-order valence-corrected chi connectivity index (χ3v) is 4.54. The summed E-state index contributed by atoms with van der Waals surface area (Å²) < 4.78 is 14.9. The monoisotopic (exact) mass is 331 g/mol. The SMILES string of the molecule is C=CC(=O)N(C)C(CC)c1c(F)cc(C(N)=O)c2[nH]c(C)c(C)c12. The molecule has 0 aliphatic rings. The highest BCUT2D eigenvalue weighted by molar-refractivity contribution is 6.07. The summed E-state index contributed by atoms with van der Waals surface area (Å²) in [7, 11) is 1.61. The van der Waals surface area contributed by atoms with Crippen molar-refractivity contribution in [1.82, 2.24) is 9.88 Å². The fourth-order valence-electron chi connectivity index (χ4n) is 3.14. The third-order valence-electron chi connectivity index (χ3n) is 4.54. The van der Waals surface area contributed by atoms with Gasteiger partial charge in [0.25, 0.3) is 5.91 Å². The third kappa shape index (κ3) is 2.68. The lowest BCUT2D eigenvalue weighted by Crippen LogP contribution is -2.30. The molecule has 0 bridgehead atoms. The van der Waals surface area contributed by atoms with Crippen LogP contribution in [0.4, 0.5) is 4.39 Å². The number of primary amides is 1. The number of nitrogens with two attached hydrogens (primary N) is 1. The lowest BCUT2D eigenvalue weighted by Gasteiger charge is -2.28. The first-order valence-corrected chi connectivity index (χ1v) is 7.74. The fraction of sp³-hybridized carbons (Fsp3) is 0.333. The van der Waals surface area contributed by atoms with Crippen LogP contribution in [0.1, 0.15) is 46.6 Å². The molecule has 128 valence electrons. The van der Waals surface area contributed by atoms with E-state index in [1.165, 1.54) is 11.0 Å². The van der Waals surface area contributed by atoms with Crippen LogP contribution in [-0.4, -0.2) is 28.7 Å². The molecule has 3 N–H and O–H groups in total. The molecule has 1 atom stereocenters. The summed E-state index contributed by atoms with van der Waals surface area (Å²) in [6, 6.07) is 0.665. The Morgan fingerprint density at radius 2 is 2.08 bits per heavy atom. The van der Waals surface area contributed by atoms with Crippen molar-refractivity contribution in [3.63, 3.8) is 0 Å². The van der Waals surface area contributed by atoms with Crippen molar-refractivity contribution in [2.24, 2.45) is 5.73 Å². The lowest BCUT2D eigenvalue weighted by atomic mass is 9.93. The highest BCUT2D eigenvalue weighted by atomic mass is 19.1. The van der Waals surface area contributed by atoms with Gasteiger partial charge in [-0.15, -0.1) is 0 Å². The van der Waals surface area contributed by atoms with E-state index in [2.05, 4.69) is 11.6 Å². The Labute approximate surface area is 140 Å². The minimum Gasteiger partial charge on any atom is -0.366 e. The second-order valence-corrected chi connectivity index (χ2v) is 5.89. The number of hydrogen-bond acceptors (Lipinski definition) is 2. The van der Waals surface area contributed by atoms with Gasteiger partial charge in [0, 0.05) is 23.7 Å². The molecular formula is C18H22FN3O2. The number of H-pyrrole nitrogens is 1. The van der Waals surface area contributed by atoms with E-state index in [9.17, 15) is 14.0 Å². The number of benzene rings is 1. The standard InChI is InChI=1S/C18H22FN3O2/c1-6-13(22(5)14(23)7-2)16-12(19)8-11(18(20)24)17-15(16)9(3)10(4)21-17/h7-8,13,21H,2,6H2,1,3-5H3,(H2,20,24). The van der Waals surface area contributed by atoms with E-state index in [1.54, 1.807) is 7.05 Å². The molecule has 0 aliphatic heterocycles. The number of hydrogen-bond donors (Lipinski definition) is 2. The number of rotatable bonds is 5. The zero-order valence-corrected chi connectivity index (χ0v) is 14.4. The molecule has 0 spiro atoms. The smallest absolute Gasteiger partial charge is 0.250 e. The normalized spacial score (nSPS) is 12.2. The van der Waals surface area contributed by atoms with Crippen molar-refractivity contribution >= 4 is 22.7 Å². The van der Waals surface area contributed by atoms with E-state index in [4.69, 9.17) is 5.73 Å². The van der Waals surface area contributed by atoms with Gasteiger partial charge in [0.15, 0.2) is 0 Å². The molecule has 6 heteroatoms. The van der Waals surface area contributed by atoms with E-state index in [1.807, 2.05) is 20.8 Å². The van der Waals surface area contributed by atoms with E-state index in [0.717, 1.165) is 17.3 Å². The van der Waals surface area contributed by atoms with Crippen molar-refractivity contribution in [2.75, 3.05) is 7.05 Å². The Bertz CT molecular complexity index is 839. The van der Waals surface area contributed by atoms with Gasteiger partial charge < -0.3 is 15.6 Å². The second-order valence-electron chi connectivity index (χ2n) is 5.89. The Morgan fingerprint density at radius 1 is 1.46 bits per heavy atom. The van der Waals surface area contributed by atoms with Gasteiger partial charge in [0.05, 0.1) is 17.1 Å². The first kappa shape index (κ1) is 17.7. The number of nitrogens with zero attached hydrogens (tertiary/aromatic N) is 1. The van der Waals surface area contributed by atoms with E-state index >= 15 is 0 Å². The highest BCUT2D eigenvalue weighted by Crippen LogP contribution is 2.37. The summed E-state index contributed by atoms with van der Waals surface area (Å²) >= 11 is 0. The summed E-state index contributed by atoms with van der Waals surface area (Å²) in [6.45, 7) is 9.06. The van der Waals surface area contributed by atoms with Gasteiger partial charge in [-0.1, -0.05) is 13.5 Å². The van der Waals surface area contributed by atoms with Gasteiger partial charge in [-0.05, 0) is 38.0 Å². The molecule has 2 rings (SSSR count). The summed E-state index contributed by atoms with van der Waals surface area (Å²) in [4.78, 5) is 28.3. The molecule has 2 aromatic rings. The molecule has 0 aliphatic carbocycles. The van der Waals surface area contributed by atoms with Crippen LogP contribution in [0.3, 0.4) is 0 Å². The minimum atomic E-state index is -0.699. The molecule has 0 saturated carbocycles. The first-order valence-electron chi connectivity index (χ1n) is 7.74. The maximum Gasteiger partial charge on any atom is 0.250 e. The van der Waals surface area contributed by atoms with E-state index < -0.39 is 17.8 Å². The number of aromatic amines is 1. The van der Waals surface area contributed by atoms with Crippen LogP contribution in [0.25, 0.3) is 10.9 Å². The van der Waals surface area contributed by atoms with Crippen molar-refractivity contribution in [3.05, 3.63) is 46.9 Å². The van der Waals surface area contributed by atoms with Crippen molar-refractivity contribution < 1.29 is 14.0 Å². The average Bonchev–Trinajstić information content (AvgIpc) is 2.83. The van der Waals surface area contributed by atoms with Crippen LogP contribution in [0, 0.1) is 19.7 Å². The van der Waals surface area contributed by atoms with Crippen LogP contribution < -0.4 is 5.73 Å². The number of carbonyl (C=O) groups is 2. The van der Waals surface area contributed by atoms with Crippen LogP contribution in [0.15, 0.2) is 18.7 Å². The molecule has 1 unspecified atom stereocenters. The molecule has 1 aromatic heterocycles. The van der Waals surface area contributed by atoms with Gasteiger partial charge in [0.2, 0.25) is 5.91 Å². The number of fused-ring (bicyclic) bond motifs is 1. The molecule has 0 saturated heterocycles. The Hall–Kier alpha value is -2.63. The zero-order chi connectivity index (χ0) is 18.2. The largest absolute Gasteiger partial charge is 0.366 e. The highest BCUT2D eigenvalue weighted by Gasteiger charge is 2.28. The minimum absolute atomic E-state index is 0.106. The molecule has 0 radical (unpaired) electrons. The van der Waals surface area contributed by atoms with Crippen LogP contribution in [0.5, 0.6) is 0 Å². The average molecular weight is 331 g/mol. The van der Waals surface area contributed by atoms with Gasteiger partial charge in [-0.2, -0.15) is 0 Å². The number of aryl methyl sites for hydroxylation is 2. The van der Waals surface area contributed by atoms with Crippen LogP contribution >= 0.6 is 0 Å². The molecule has 5 nitrogen and oxygen atoms in total. The van der Waals surface area contributed by atoms with E-state index in [-0.39, 0.29) is 11.5 Å². The van der Waals surface area contributed by atoms with Crippen molar-refractivity contribution in [1.29, 1.82) is 0 Å². The maximum absolute atomic E-state index is 14.9. The summed E-state index contributed by atoms with van der Waals surface area (Å²) in [5.41, 5.74) is 8.05. The number of carbonyl (C=O) groups excluding carboxylic acids is 2. The number of likely N-dealkylation sites (N-methyl/N-ethyl adjacent to an activating group) is 1. The summed E-state index contributed by atoms with van der Waals surface area (Å²) in [5.74, 6) is -1.54. The Morgan fingerprint density at radius 3 is 2.58 bits per heavy atom. The zero-order valence-electron chi connectivity index (χ0n) is 14.4. The molecule has 2 amide bonds. The summed E-state index contributed by atoms with van der Waals surface area (Å²) in [5, 5.41) is 0.608. The quantitative estimate of drug-likeness (QED) is 0.826. The lowest BCUT2D eigenvalue weighted by molar-refractivity contribution is -0.127. The van der Waals surface area contributed by atoms with Crippen LogP contribution in [-0.2, 0) is 4.79 Å². The summed E-state index contributed by atoms with van der Waals surface area (Å²) in [6.07, 6.45) is 1.71. The molecule has 1 aromatic carbocycles. The first-order chi connectivity index (χ1) is 11.2. The van der Waals surface area contributed by atoms with Gasteiger partial charge in [0.1, 0.15) is 5.82 Å².